The van der Waals surface area contributed by atoms with Crippen LogP contribution < -0.4 is 20.7 Å². The Bertz CT molecular complexity index is 625. The highest BCUT2D eigenvalue weighted by atomic mass is 16.5. The van der Waals surface area contributed by atoms with Crippen LogP contribution in [-0.4, -0.2) is 31.2 Å². The van der Waals surface area contributed by atoms with Crippen LogP contribution in [0.25, 0.3) is 0 Å². The number of methoxy groups -OCH3 is 1. The SMILES string of the molecule is CNC(=O)C1=C(C)NC(=O)NC1c1ccc(O)c(OC)c1. The van der Waals surface area contributed by atoms with Crippen molar-refractivity contribution in [3.05, 3.63) is 35.0 Å². The molecule has 1 aromatic carbocycles. The maximum Gasteiger partial charge on any atom is 0.319 e. The third kappa shape index (κ3) is 2.76. The van der Waals surface area contributed by atoms with Gasteiger partial charge in [0.25, 0.3) is 5.91 Å². The summed E-state index contributed by atoms with van der Waals surface area (Å²) in [7, 11) is 2.95. The van der Waals surface area contributed by atoms with E-state index in [0.29, 0.717) is 16.8 Å². The number of hydrogen-bond acceptors (Lipinski definition) is 4. The number of phenolic OH excluding ortho intramolecular Hbond substituents is 1. The predicted molar refractivity (Wildman–Crippen MR) is 75.8 cm³/mol. The van der Waals surface area contributed by atoms with Gasteiger partial charge in [0, 0.05) is 12.7 Å². The smallest absolute Gasteiger partial charge is 0.319 e. The first-order valence-electron chi connectivity index (χ1n) is 6.35. The van der Waals surface area contributed by atoms with E-state index in [2.05, 4.69) is 16.0 Å². The van der Waals surface area contributed by atoms with Gasteiger partial charge in [-0.05, 0) is 24.6 Å². The fraction of sp³-hybridized carbons (Fsp3) is 0.286. The van der Waals surface area contributed by atoms with E-state index in [9.17, 15) is 14.7 Å². The van der Waals surface area contributed by atoms with E-state index in [1.54, 1.807) is 19.1 Å². The van der Waals surface area contributed by atoms with Gasteiger partial charge in [0.2, 0.25) is 0 Å². The molecule has 1 aliphatic rings. The molecule has 112 valence electrons. The van der Waals surface area contributed by atoms with Crippen LogP contribution in [0.15, 0.2) is 29.5 Å². The second kappa shape index (κ2) is 5.74. The zero-order valence-corrected chi connectivity index (χ0v) is 12.0. The van der Waals surface area contributed by atoms with E-state index in [-0.39, 0.29) is 17.4 Å². The fourth-order valence-electron chi connectivity index (χ4n) is 2.25. The lowest BCUT2D eigenvalue weighted by Gasteiger charge is -2.28. The molecule has 7 nitrogen and oxygen atoms in total. The van der Waals surface area contributed by atoms with Crippen LogP contribution in [0.4, 0.5) is 4.79 Å². The van der Waals surface area contributed by atoms with E-state index < -0.39 is 12.1 Å². The number of allylic oxidation sites excluding steroid dienone is 1. The molecule has 0 saturated heterocycles. The predicted octanol–water partition coefficient (Wildman–Crippen LogP) is 0.775. The van der Waals surface area contributed by atoms with Crippen molar-refractivity contribution >= 4 is 11.9 Å². The Kier molecular flexibility index (Phi) is 4.02. The van der Waals surface area contributed by atoms with Gasteiger partial charge in [-0.1, -0.05) is 6.07 Å². The Balaban J connectivity index is 2.51. The molecule has 4 N–H and O–H groups in total. The summed E-state index contributed by atoms with van der Waals surface area (Å²) < 4.78 is 5.06. The first-order valence-corrected chi connectivity index (χ1v) is 6.35. The van der Waals surface area contributed by atoms with Crippen molar-refractivity contribution in [2.24, 2.45) is 0 Å². The summed E-state index contributed by atoms with van der Waals surface area (Å²) in [6, 6.07) is 3.66. The lowest BCUT2D eigenvalue weighted by atomic mass is 9.94. The Hall–Kier alpha value is -2.70. The molecule has 0 fully saturated rings. The first-order chi connectivity index (χ1) is 9.97. The van der Waals surface area contributed by atoms with Crippen LogP contribution in [0.3, 0.4) is 0 Å². The van der Waals surface area contributed by atoms with Gasteiger partial charge in [-0.25, -0.2) is 4.79 Å². The van der Waals surface area contributed by atoms with Crippen molar-refractivity contribution < 1.29 is 19.4 Å². The molecule has 0 bridgehead atoms. The van der Waals surface area contributed by atoms with E-state index in [1.165, 1.54) is 20.2 Å². The first kappa shape index (κ1) is 14.7. The summed E-state index contributed by atoms with van der Waals surface area (Å²) in [4.78, 5) is 23.7. The highest BCUT2D eigenvalue weighted by molar-refractivity contribution is 5.98. The highest BCUT2D eigenvalue weighted by Crippen LogP contribution is 2.33. The number of nitrogens with one attached hydrogen (secondary N) is 3. The number of rotatable bonds is 3. The third-order valence-corrected chi connectivity index (χ3v) is 3.28. The van der Waals surface area contributed by atoms with Gasteiger partial charge >= 0.3 is 6.03 Å². The molecule has 1 unspecified atom stereocenters. The number of hydrogen-bond donors (Lipinski definition) is 4. The second-order valence-corrected chi connectivity index (χ2v) is 4.58. The molecule has 0 aliphatic carbocycles. The zero-order valence-electron chi connectivity index (χ0n) is 12.0. The average Bonchev–Trinajstić information content (AvgIpc) is 2.46. The van der Waals surface area contributed by atoms with Crippen LogP contribution in [0.2, 0.25) is 0 Å². The lowest BCUT2D eigenvalue weighted by molar-refractivity contribution is -0.117. The molecule has 3 amide bonds. The summed E-state index contributed by atoms with van der Waals surface area (Å²) in [5.74, 6) is -0.0325. The molecule has 0 spiro atoms. The number of ether oxygens (including phenoxy) is 1. The number of aromatic hydroxyl groups is 1. The lowest BCUT2D eigenvalue weighted by Crippen LogP contribution is -2.46. The largest absolute Gasteiger partial charge is 0.504 e. The Labute approximate surface area is 122 Å². The molecular formula is C14H17N3O4. The van der Waals surface area contributed by atoms with Crippen LogP contribution >= 0.6 is 0 Å². The molecule has 1 aliphatic heterocycles. The minimum absolute atomic E-state index is 0.0105. The van der Waals surface area contributed by atoms with E-state index in [4.69, 9.17) is 4.74 Å². The number of carbonyl (C=O) groups excluding carboxylic acids is 2. The molecule has 7 heteroatoms. The standard InChI is InChI=1S/C14H17N3O4/c1-7-11(13(19)15-2)12(17-14(20)16-7)8-4-5-9(18)10(6-8)21-3/h4-6,12,18H,1-3H3,(H,15,19)(H2,16,17,20). The second-order valence-electron chi connectivity index (χ2n) is 4.58. The summed E-state index contributed by atoms with van der Waals surface area (Å²) in [6.07, 6.45) is 0. The van der Waals surface area contributed by atoms with Crippen molar-refractivity contribution in [1.29, 1.82) is 0 Å². The van der Waals surface area contributed by atoms with Gasteiger partial charge in [0.05, 0.1) is 18.7 Å². The van der Waals surface area contributed by atoms with Crippen molar-refractivity contribution in [1.82, 2.24) is 16.0 Å². The maximum absolute atomic E-state index is 12.0. The van der Waals surface area contributed by atoms with Gasteiger partial charge in [-0.3, -0.25) is 4.79 Å². The van der Waals surface area contributed by atoms with Crippen molar-refractivity contribution in [3.63, 3.8) is 0 Å². The van der Waals surface area contributed by atoms with E-state index in [1.807, 2.05) is 0 Å². The summed E-state index contributed by atoms with van der Waals surface area (Å²) in [5.41, 5.74) is 1.53. The molecule has 1 aromatic rings. The number of likely N-dealkylation sites (N-methyl/N-ethyl adjacent to an activating group) is 1. The van der Waals surface area contributed by atoms with Gasteiger partial charge in [0.15, 0.2) is 11.5 Å². The molecule has 0 aromatic heterocycles. The monoisotopic (exact) mass is 291 g/mol. The van der Waals surface area contributed by atoms with Crippen LogP contribution in [0, 0.1) is 0 Å². The summed E-state index contributed by atoms with van der Waals surface area (Å²) in [5, 5.41) is 17.5. The highest BCUT2D eigenvalue weighted by Gasteiger charge is 2.31. The van der Waals surface area contributed by atoms with Crippen molar-refractivity contribution in [2.45, 2.75) is 13.0 Å². The topological polar surface area (TPSA) is 99.7 Å². The summed E-state index contributed by atoms with van der Waals surface area (Å²) in [6.45, 7) is 1.66. The van der Waals surface area contributed by atoms with Crippen molar-refractivity contribution in [2.75, 3.05) is 14.2 Å². The minimum Gasteiger partial charge on any atom is -0.504 e. The third-order valence-electron chi connectivity index (χ3n) is 3.28. The molecule has 2 rings (SSSR count). The average molecular weight is 291 g/mol. The minimum atomic E-state index is -0.617. The Morgan fingerprint density at radius 1 is 1.43 bits per heavy atom. The van der Waals surface area contributed by atoms with Gasteiger partial charge in [-0.2, -0.15) is 0 Å². The maximum atomic E-state index is 12.0. The Morgan fingerprint density at radius 3 is 2.76 bits per heavy atom. The molecule has 1 atom stereocenters. The fourth-order valence-corrected chi connectivity index (χ4v) is 2.25. The number of amides is 3. The number of benzene rings is 1. The number of phenols is 1. The van der Waals surface area contributed by atoms with Crippen LogP contribution in [-0.2, 0) is 4.79 Å². The van der Waals surface area contributed by atoms with Gasteiger partial charge in [0.1, 0.15) is 0 Å². The molecular weight excluding hydrogens is 274 g/mol. The molecule has 0 radical (unpaired) electrons. The molecule has 21 heavy (non-hydrogen) atoms. The van der Waals surface area contributed by atoms with Gasteiger partial charge in [-0.15, -0.1) is 0 Å². The summed E-state index contributed by atoms with van der Waals surface area (Å²) >= 11 is 0. The quantitative estimate of drug-likeness (QED) is 0.661. The number of urea groups is 1. The van der Waals surface area contributed by atoms with E-state index >= 15 is 0 Å². The normalized spacial score (nSPS) is 17.9. The van der Waals surface area contributed by atoms with E-state index in [0.717, 1.165) is 0 Å². The van der Waals surface area contributed by atoms with Crippen LogP contribution in [0.5, 0.6) is 11.5 Å². The number of carbonyl (C=O) groups is 2. The molecule has 0 saturated carbocycles. The van der Waals surface area contributed by atoms with Gasteiger partial charge < -0.3 is 25.8 Å². The zero-order chi connectivity index (χ0) is 15.6. The molecule has 1 heterocycles. The van der Waals surface area contributed by atoms with Crippen molar-refractivity contribution in [3.8, 4) is 11.5 Å². The van der Waals surface area contributed by atoms with Crippen LogP contribution in [0.1, 0.15) is 18.5 Å². The Morgan fingerprint density at radius 2 is 2.14 bits per heavy atom.